The average molecular weight is 351 g/mol. The highest BCUT2D eigenvalue weighted by atomic mass is 16.5. The number of fused-ring (bicyclic) bond motifs is 1. The average Bonchev–Trinajstić information content (AvgIpc) is 2.66. The Kier molecular flexibility index (Phi) is 4.49. The molecule has 0 spiro atoms. The zero-order valence-corrected chi connectivity index (χ0v) is 14.4. The number of rotatable bonds is 5. The Morgan fingerprint density at radius 1 is 1.19 bits per heavy atom. The van der Waals surface area contributed by atoms with Crippen molar-refractivity contribution >= 4 is 29.5 Å². The van der Waals surface area contributed by atoms with Crippen molar-refractivity contribution < 1.29 is 19.0 Å². The van der Waals surface area contributed by atoms with E-state index in [1.165, 1.54) is 26.4 Å². The first kappa shape index (κ1) is 17.3. The molecule has 0 aliphatic rings. The molecule has 0 bridgehead atoms. The van der Waals surface area contributed by atoms with E-state index in [0.29, 0.717) is 17.0 Å². The smallest absolute Gasteiger partial charge is 0.204 e. The number of aromatic hydroxyl groups is 1. The van der Waals surface area contributed by atoms with Crippen LogP contribution in [-0.4, -0.2) is 26.0 Å². The molecule has 0 radical (unpaired) electrons. The van der Waals surface area contributed by atoms with E-state index < -0.39 is 0 Å². The zero-order chi connectivity index (χ0) is 18.8. The predicted molar refractivity (Wildman–Crippen MR) is 102 cm³/mol. The van der Waals surface area contributed by atoms with E-state index in [4.69, 9.17) is 13.9 Å². The van der Waals surface area contributed by atoms with Crippen molar-refractivity contribution in [2.75, 3.05) is 14.2 Å². The van der Waals surface area contributed by atoms with Crippen LogP contribution in [0, 0.1) is 0 Å². The van der Waals surface area contributed by atoms with E-state index in [2.05, 4.69) is 18.3 Å². The fraction of sp³-hybridized carbons (Fsp3) is 0.100. The van der Waals surface area contributed by atoms with Gasteiger partial charge in [0.1, 0.15) is 16.9 Å². The SMILES string of the molecule is C=Cc1cc(-c2cc(=O)c3c(OC)cc(O)c(OC)c3o2)ccc1N=C. The third-order valence-corrected chi connectivity index (χ3v) is 4.03. The van der Waals surface area contributed by atoms with Crippen LogP contribution in [0.3, 0.4) is 0 Å². The van der Waals surface area contributed by atoms with Crippen LogP contribution in [0.15, 0.2) is 51.1 Å². The van der Waals surface area contributed by atoms with Crippen molar-refractivity contribution in [2.24, 2.45) is 4.99 Å². The van der Waals surface area contributed by atoms with E-state index in [1.54, 1.807) is 24.3 Å². The summed E-state index contributed by atoms with van der Waals surface area (Å²) in [4.78, 5) is 16.6. The monoisotopic (exact) mass is 351 g/mol. The van der Waals surface area contributed by atoms with Gasteiger partial charge in [0.05, 0.1) is 19.9 Å². The van der Waals surface area contributed by atoms with Gasteiger partial charge < -0.3 is 19.0 Å². The van der Waals surface area contributed by atoms with Gasteiger partial charge in [-0.05, 0) is 24.9 Å². The largest absolute Gasteiger partial charge is 0.504 e. The number of hydrogen-bond acceptors (Lipinski definition) is 6. The number of hydrogen-bond donors (Lipinski definition) is 1. The molecule has 0 saturated carbocycles. The molecule has 1 aromatic heterocycles. The van der Waals surface area contributed by atoms with Gasteiger partial charge in [-0.2, -0.15) is 0 Å². The molecular formula is C20H17NO5. The maximum atomic E-state index is 12.7. The van der Waals surface area contributed by atoms with Gasteiger partial charge >= 0.3 is 0 Å². The Hall–Kier alpha value is -3.54. The highest BCUT2D eigenvalue weighted by molar-refractivity contribution is 5.92. The van der Waals surface area contributed by atoms with Crippen molar-refractivity contribution in [1.29, 1.82) is 0 Å². The number of phenols is 1. The Labute approximate surface area is 149 Å². The van der Waals surface area contributed by atoms with Crippen molar-refractivity contribution in [3.05, 3.63) is 52.7 Å². The third kappa shape index (κ3) is 2.71. The minimum atomic E-state index is -0.317. The second-order valence-corrected chi connectivity index (χ2v) is 5.45. The number of methoxy groups -OCH3 is 2. The number of aliphatic imine (C=N–C) groups is 1. The Bertz CT molecular complexity index is 1080. The van der Waals surface area contributed by atoms with Crippen LogP contribution < -0.4 is 14.9 Å². The zero-order valence-electron chi connectivity index (χ0n) is 14.4. The lowest BCUT2D eigenvalue weighted by Crippen LogP contribution is -2.04. The fourth-order valence-corrected chi connectivity index (χ4v) is 2.78. The summed E-state index contributed by atoms with van der Waals surface area (Å²) in [5.74, 6) is 0.395. The summed E-state index contributed by atoms with van der Waals surface area (Å²) < 4.78 is 16.3. The van der Waals surface area contributed by atoms with Crippen LogP contribution >= 0.6 is 0 Å². The molecule has 0 fully saturated rings. The fourth-order valence-electron chi connectivity index (χ4n) is 2.78. The van der Waals surface area contributed by atoms with E-state index >= 15 is 0 Å². The Morgan fingerprint density at radius 2 is 1.96 bits per heavy atom. The lowest BCUT2D eigenvalue weighted by atomic mass is 10.1. The molecule has 1 heterocycles. The third-order valence-electron chi connectivity index (χ3n) is 4.03. The lowest BCUT2D eigenvalue weighted by Gasteiger charge is -2.12. The first-order chi connectivity index (χ1) is 12.5. The van der Waals surface area contributed by atoms with E-state index in [1.807, 2.05) is 0 Å². The van der Waals surface area contributed by atoms with Crippen LogP contribution in [0.2, 0.25) is 0 Å². The molecule has 0 unspecified atom stereocenters. The molecule has 0 aliphatic carbocycles. The summed E-state index contributed by atoms with van der Waals surface area (Å²) in [7, 11) is 2.79. The van der Waals surface area contributed by atoms with Crippen LogP contribution in [0.25, 0.3) is 28.4 Å². The molecule has 2 aromatic carbocycles. The van der Waals surface area contributed by atoms with Gasteiger partial charge in [0.2, 0.25) is 5.75 Å². The minimum Gasteiger partial charge on any atom is -0.504 e. The van der Waals surface area contributed by atoms with Crippen LogP contribution in [0.1, 0.15) is 5.56 Å². The topological polar surface area (TPSA) is 81.3 Å². The summed E-state index contributed by atoms with van der Waals surface area (Å²) >= 11 is 0. The van der Waals surface area contributed by atoms with Crippen LogP contribution in [0.4, 0.5) is 5.69 Å². The van der Waals surface area contributed by atoms with Gasteiger partial charge in [0, 0.05) is 23.3 Å². The van der Waals surface area contributed by atoms with Crippen molar-refractivity contribution in [2.45, 2.75) is 0 Å². The predicted octanol–water partition coefficient (Wildman–Crippen LogP) is 4.16. The summed E-state index contributed by atoms with van der Waals surface area (Å²) in [6.07, 6.45) is 1.64. The normalized spacial score (nSPS) is 10.5. The number of phenolic OH excluding ortho intramolecular Hbond substituents is 1. The molecule has 132 valence electrons. The lowest BCUT2D eigenvalue weighted by molar-refractivity contribution is 0.364. The summed E-state index contributed by atoms with van der Waals surface area (Å²) in [6.45, 7) is 7.27. The van der Waals surface area contributed by atoms with E-state index in [-0.39, 0.29) is 33.6 Å². The standard InChI is InChI=1S/C20H17NO5/c1-5-11-8-12(6-7-13(11)21-2)16-9-14(22)18-17(24-3)10-15(23)19(25-4)20(18)26-16/h5-10,23H,1-2H2,3-4H3. The van der Waals surface area contributed by atoms with E-state index in [0.717, 1.165) is 5.56 Å². The van der Waals surface area contributed by atoms with Gasteiger partial charge in [0.25, 0.3) is 0 Å². The molecule has 0 aliphatic heterocycles. The van der Waals surface area contributed by atoms with Crippen molar-refractivity contribution in [3.63, 3.8) is 0 Å². The van der Waals surface area contributed by atoms with Gasteiger partial charge in [-0.25, -0.2) is 0 Å². The Morgan fingerprint density at radius 3 is 2.58 bits per heavy atom. The molecule has 26 heavy (non-hydrogen) atoms. The molecule has 1 N–H and O–H groups in total. The van der Waals surface area contributed by atoms with Gasteiger partial charge in [0.15, 0.2) is 16.8 Å². The van der Waals surface area contributed by atoms with Crippen molar-refractivity contribution in [3.8, 4) is 28.6 Å². The summed E-state index contributed by atoms with van der Waals surface area (Å²) in [6, 6.07) is 7.98. The molecule has 3 aromatic rings. The van der Waals surface area contributed by atoms with Gasteiger partial charge in [-0.3, -0.25) is 9.79 Å². The quantitative estimate of drug-likeness (QED) is 0.698. The van der Waals surface area contributed by atoms with E-state index in [9.17, 15) is 9.90 Å². The molecule has 6 heteroatoms. The Balaban J connectivity index is 2.34. The van der Waals surface area contributed by atoms with Gasteiger partial charge in [-0.15, -0.1) is 0 Å². The molecule has 0 atom stereocenters. The highest BCUT2D eigenvalue weighted by Gasteiger charge is 2.19. The van der Waals surface area contributed by atoms with Crippen molar-refractivity contribution in [1.82, 2.24) is 0 Å². The number of nitrogens with zero attached hydrogens (tertiary/aromatic N) is 1. The number of benzene rings is 2. The maximum Gasteiger partial charge on any atom is 0.204 e. The van der Waals surface area contributed by atoms with Crippen LogP contribution in [-0.2, 0) is 0 Å². The van der Waals surface area contributed by atoms with Gasteiger partial charge in [-0.1, -0.05) is 12.7 Å². The second kappa shape index (κ2) is 6.76. The molecule has 3 rings (SSSR count). The molecule has 0 amide bonds. The summed E-state index contributed by atoms with van der Waals surface area (Å²) in [5.41, 5.74) is 1.86. The summed E-state index contributed by atoms with van der Waals surface area (Å²) in [5, 5.41) is 10.3. The highest BCUT2D eigenvalue weighted by Crippen LogP contribution is 2.40. The number of ether oxygens (including phenoxy) is 2. The minimum absolute atomic E-state index is 0.0630. The molecule has 6 nitrogen and oxygen atoms in total. The molecular weight excluding hydrogens is 334 g/mol. The van der Waals surface area contributed by atoms with Crippen LogP contribution in [0.5, 0.6) is 17.2 Å². The second-order valence-electron chi connectivity index (χ2n) is 5.45. The molecule has 0 saturated heterocycles. The maximum absolute atomic E-state index is 12.7. The first-order valence-corrected chi connectivity index (χ1v) is 7.69. The first-order valence-electron chi connectivity index (χ1n) is 7.69.